The molecule has 0 spiro atoms. The van der Waals surface area contributed by atoms with E-state index in [0.717, 1.165) is 17.1 Å². The molecule has 1 saturated heterocycles. The van der Waals surface area contributed by atoms with Gasteiger partial charge in [-0.05, 0) is 36.8 Å². The Balaban J connectivity index is 1.68. The lowest BCUT2D eigenvalue weighted by Crippen LogP contribution is -2.45. The largest absolute Gasteiger partial charge is 0.380 e. The van der Waals surface area contributed by atoms with Crippen LogP contribution in [0.5, 0.6) is 0 Å². The van der Waals surface area contributed by atoms with E-state index in [1.165, 1.54) is 0 Å². The molecule has 122 valence electrons. The first-order valence-corrected chi connectivity index (χ1v) is 8.96. The molecule has 23 heavy (non-hydrogen) atoms. The monoisotopic (exact) mass is 331 g/mol. The molecule has 1 aliphatic heterocycles. The molecule has 2 heterocycles. The predicted octanol–water partition coefficient (Wildman–Crippen LogP) is 2.69. The Labute approximate surface area is 140 Å². The van der Waals surface area contributed by atoms with Gasteiger partial charge in [-0.15, -0.1) is 0 Å². The van der Waals surface area contributed by atoms with Crippen molar-refractivity contribution in [2.75, 3.05) is 16.8 Å². The van der Waals surface area contributed by atoms with Gasteiger partial charge in [0, 0.05) is 12.3 Å². The third-order valence-electron chi connectivity index (χ3n) is 4.27. The summed E-state index contributed by atoms with van der Waals surface area (Å²) in [7, 11) is 0. The number of hydrogen-bond donors (Lipinski definition) is 2. The number of thioether (sulfide) groups is 1. The molecule has 3 rings (SSSR count). The summed E-state index contributed by atoms with van der Waals surface area (Å²) in [6.45, 7) is 2.06. The van der Waals surface area contributed by atoms with Gasteiger partial charge in [0.2, 0.25) is 0 Å². The van der Waals surface area contributed by atoms with Crippen molar-refractivity contribution in [2.45, 2.75) is 31.4 Å². The van der Waals surface area contributed by atoms with Crippen LogP contribution in [0, 0.1) is 0 Å². The summed E-state index contributed by atoms with van der Waals surface area (Å²) in [5, 5.41) is 17.6. The molecule has 0 radical (unpaired) electrons. The fourth-order valence-electron chi connectivity index (χ4n) is 2.67. The van der Waals surface area contributed by atoms with Crippen molar-refractivity contribution in [2.24, 2.45) is 0 Å². The van der Waals surface area contributed by atoms with Gasteiger partial charge in [0.25, 0.3) is 5.91 Å². The summed E-state index contributed by atoms with van der Waals surface area (Å²) in [6, 6.07) is 11.9. The van der Waals surface area contributed by atoms with Crippen molar-refractivity contribution in [3.8, 4) is 0 Å². The average Bonchev–Trinajstić information content (AvgIpc) is 3.04. The summed E-state index contributed by atoms with van der Waals surface area (Å²) in [4.78, 5) is 12.3. The van der Waals surface area contributed by atoms with Crippen molar-refractivity contribution in [3.05, 3.63) is 48.2 Å². The Morgan fingerprint density at radius 2 is 2.00 bits per heavy atom. The van der Waals surface area contributed by atoms with E-state index in [-0.39, 0.29) is 11.9 Å². The lowest BCUT2D eigenvalue weighted by atomic mass is 9.96. The second-order valence-corrected chi connectivity index (χ2v) is 7.09. The number of benzene rings is 1. The van der Waals surface area contributed by atoms with E-state index in [4.69, 9.17) is 0 Å². The number of nitrogens with one attached hydrogen (secondary N) is 1. The maximum Gasteiger partial charge on any atom is 0.257 e. The van der Waals surface area contributed by atoms with Crippen molar-refractivity contribution >= 4 is 23.5 Å². The van der Waals surface area contributed by atoms with E-state index < -0.39 is 5.60 Å². The zero-order valence-corrected chi connectivity index (χ0v) is 13.9. The molecule has 6 heteroatoms. The van der Waals surface area contributed by atoms with Crippen LogP contribution in [-0.4, -0.2) is 37.9 Å². The van der Waals surface area contributed by atoms with Crippen LogP contribution < -0.4 is 5.32 Å². The van der Waals surface area contributed by atoms with E-state index in [9.17, 15) is 9.90 Å². The lowest BCUT2D eigenvalue weighted by molar-refractivity contribution is -0.134. The van der Waals surface area contributed by atoms with Crippen LogP contribution in [-0.2, 0) is 4.79 Å². The second kappa shape index (κ2) is 6.76. The van der Waals surface area contributed by atoms with Crippen LogP contribution >= 0.6 is 11.8 Å². The number of nitrogens with zero attached hydrogens (tertiary/aromatic N) is 2. The average molecular weight is 331 g/mol. The lowest BCUT2D eigenvalue weighted by Gasteiger charge is -2.29. The molecule has 0 aliphatic carbocycles. The molecular weight excluding hydrogens is 310 g/mol. The number of aliphatic hydroxyl groups is 1. The Morgan fingerprint density at radius 1 is 1.30 bits per heavy atom. The summed E-state index contributed by atoms with van der Waals surface area (Å²) in [6.07, 6.45) is 2.82. The minimum atomic E-state index is -1.26. The molecular formula is C17H21N3O2S. The van der Waals surface area contributed by atoms with Gasteiger partial charge in [-0.3, -0.25) is 9.48 Å². The molecule has 0 bridgehead atoms. The smallest absolute Gasteiger partial charge is 0.257 e. The summed E-state index contributed by atoms with van der Waals surface area (Å²) >= 11 is 1.77. The van der Waals surface area contributed by atoms with Crippen LogP contribution in [0.15, 0.2) is 42.6 Å². The number of rotatable bonds is 4. The molecule has 5 nitrogen and oxygen atoms in total. The topological polar surface area (TPSA) is 67.2 Å². The maximum atomic E-state index is 12.3. The first kappa shape index (κ1) is 16.1. The fourth-order valence-corrected chi connectivity index (χ4v) is 3.84. The van der Waals surface area contributed by atoms with Crippen molar-refractivity contribution in [1.82, 2.24) is 9.78 Å². The first-order chi connectivity index (χ1) is 11.1. The molecule has 2 N–H and O–H groups in total. The Bertz CT molecular complexity index is 665. The molecule has 1 amide bonds. The highest BCUT2D eigenvalue weighted by atomic mass is 32.2. The van der Waals surface area contributed by atoms with E-state index in [1.54, 1.807) is 17.8 Å². The van der Waals surface area contributed by atoms with Gasteiger partial charge in [-0.25, -0.2) is 0 Å². The zero-order chi connectivity index (χ0) is 16.3. The van der Waals surface area contributed by atoms with E-state index in [2.05, 4.69) is 17.3 Å². The quantitative estimate of drug-likeness (QED) is 0.904. The third kappa shape index (κ3) is 3.59. The first-order valence-electron chi connectivity index (χ1n) is 7.80. The van der Waals surface area contributed by atoms with Gasteiger partial charge < -0.3 is 10.4 Å². The number of anilines is 1. The fraction of sp³-hybridized carbons (Fsp3) is 0.412. The van der Waals surface area contributed by atoms with Crippen molar-refractivity contribution < 1.29 is 9.90 Å². The standard InChI is InChI=1S/C17H21N3O2S/c1-13(14-5-3-2-4-6-14)20-10-7-15(19-20)18-16(21)17(22)8-11-23-12-9-17/h2-7,10,13,22H,8-9,11-12H2,1H3,(H,18,19,21). The molecule has 1 aromatic carbocycles. The molecule has 1 unspecified atom stereocenters. The molecule has 1 atom stereocenters. The summed E-state index contributed by atoms with van der Waals surface area (Å²) in [5.74, 6) is 1.74. The van der Waals surface area contributed by atoms with Crippen molar-refractivity contribution in [1.29, 1.82) is 0 Å². The predicted molar refractivity (Wildman–Crippen MR) is 92.6 cm³/mol. The van der Waals surface area contributed by atoms with Crippen molar-refractivity contribution in [3.63, 3.8) is 0 Å². The molecule has 1 fully saturated rings. The van der Waals surface area contributed by atoms with E-state index in [0.29, 0.717) is 18.7 Å². The van der Waals surface area contributed by atoms with Gasteiger partial charge in [-0.1, -0.05) is 30.3 Å². The number of amides is 1. The molecule has 1 aromatic heterocycles. The summed E-state index contributed by atoms with van der Waals surface area (Å²) in [5.41, 5.74) is -0.114. The van der Waals surface area contributed by atoms with E-state index >= 15 is 0 Å². The SMILES string of the molecule is CC(c1ccccc1)n1ccc(NC(=O)C2(O)CCSCC2)n1. The van der Waals surface area contributed by atoms with Crippen LogP contribution in [0.2, 0.25) is 0 Å². The number of carbonyl (C=O) groups excluding carboxylic acids is 1. The van der Waals surface area contributed by atoms with Gasteiger partial charge in [-0.2, -0.15) is 16.9 Å². The van der Waals surface area contributed by atoms with Crippen LogP contribution in [0.1, 0.15) is 31.4 Å². The highest BCUT2D eigenvalue weighted by molar-refractivity contribution is 7.99. The normalized spacial score (nSPS) is 18.3. The Kier molecular flexibility index (Phi) is 4.73. The Hall–Kier alpha value is -1.79. The van der Waals surface area contributed by atoms with Gasteiger partial charge >= 0.3 is 0 Å². The summed E-state index contributed by atoms with van der Waals surface area (Å²) < 4.78 is 1.81. The van der Waals surface area contributed by atoms with Gasteiger partial charge in [0.15, 0.2) is 5.82 Å². The highest BCUT2D eigenvalue weighted by Crippen LogP contribution is 2.28. The second-order valence-electron chi connectivity index (χ2n) is 5.87. The van der Waals surface area contributed by atoms with Gasteiger partial charge in [0.1, 0.15) is 5.60 Å². The van der Waals surface area contributed by atoms with Crippen LogP contribution in [0.4, 0.5) is 5.82 Å². The zero-order valence-electron chi connectivity index (χ0n) is 13.1. The van der Waals surface area contributed by atoms with Crippen LogP contribution in [0.25, 0.3) is 0 Å². The Morgan fingerprint density at radius 3 is 2.70 bits per heavy atom. The number of hydrogen-bond acceptors (Lipinski definition) is 4. The minimum absolute atomic E-state index is 0.0796. The molecule has 0 saturated carbocycles. The number of aromatic nitrogens is 2. The number of carbonyl (C=O) groups is 1. The molecule has 2 aromatic rings. The maximum absolute atomic E-state index is 12.3. The van der Waals surface area contributed by atoms with Crippen LogP contribution in [0.3, 0.4) is 0 Å². The minimum Gasteiger partial charge on any atom is -0.380 e. The molecule has 1 aliphatic rings. The van der Waals surface area contributed by atoms with Gasteiger partial charge in [0.05, 0.1) is 6.04 Å². The third-order valence-corrected chi connectivity index (χ3v) is 5.26. The van der Waals surface area contributed by atoms with E-state index in [1.807, 2.05) is 41.2 Å². The highest BCUT2D eigenvalue weighted by Gasteiger charge is 2.37.